The van der Waals surface area contributed by atoms with E-state index in [4.69, 9.17) is 11.6 Å². The Morgan fingerprint density at radius 2 is 1.74 bits per heavy atom. The van der Waals surface area contributed by atoms with E-state index in [0.29, 0.717) is 23.6 Å². The Hall–Kier alpha value is -3.11. The quantitative estimate of drug-likeness (QED) is 0.214. The molecule has 0 aromatic heterocycles. The van der Waals surface area contributed by atoms with Crippen LogP contribution in [0.3, 0.4) is 0 Å². The summed E-state index contributed by atoms with van der Waals surface area (Å²) in [5, 5.41) is 27.5. The molecule has 8 nitrogen and oxygen atoms in total. The van der Waals surface area contributed by atoms with Gasteiger partial charge in [0.1, 0.15) is 5.75 Å². The molecule has 1 amide bonds. The fourth-order valence-electron chi connectivity index (χ4n) is 4.04. The van der Waals surface area contributed by atoms with Gasteiger partial charge in [-0.3, -0.25) is 9.52 Å². The van der Waals surface area contributed by atoms with Gasteiger partial charge in [0.25, 0.3) is 0 Å². The van der Waals surface area contributed by atoms with Gasteiger partial charge in [0, 0.05) is 23.7 Å². The molecule has 3 aromatic carbocycles. The molecule has 0 heterocycles. The van der Waals surface area contributed by atoms with Gasteiger partial charge in [-0.2, -0.15) is 0 Å². The number of hydrogen-bond acceptors (Lipinski definition) is 6. The number of carbonyl (C=O) groups is 1. The number of hydrogen-bond donors (Lipinski definition) is 5. The average Bonchev–Trinajstić information content (AvgIpc) is 2.82. The molecule has 0 saturated heterocycles. The number of phenols is 1. The van der Waals surface area contributed by atoms with Crippen LogP contribution in [-0.2, 0) is 34.2 Å². The van der Waals surface area contributed by atoms with Crippen molar-refractivity contribution in [1.29, 1.82) is 0 Å². The molecule has 0 radical (unpaired) electrons. The van der Waals surface area contributed by atoms with Crippen LogP contribution in [-0.4, -0.2) is 42.9 Å². The minimum absolute atomic E-state index is 0.0102. The number of aliphatic hydroxyl groups is 1. The topological polar surface area (TPSA) is 128 Å². The van der Waals surface area contributed by atoms with Gasteiger partial charge in [-0.25, -0.2) is 8.42 Å². The van der Waals surface area contributed by atoms with E-state index in [-0.39, 0.29) is 30.3 Å². The minimum Gasteiger partial charge on any atom is -0.506 e. The maximum Gasteiger partial charge on any atom is 0.229 e. The van der Waals surface area contributed by atoms with Crippen molar-refractivity contribution >= 4 is 33.2 Å². The van der Waals surface area contributed by atoms with E-state index in [0.717, 1.165) is 22.9 Å². The van der Waals surface area contributed by atoms with E-state index in [1.165, 1.54) is 12.1 Å². The number of amides is 1. The molecule has 0 saturated carbocycles. The van der Waals surface area contributed by atoms with Crippen molar-refractivity contribution in [3.8, 4) is 5.75 Å². The monoisotopic (exact) mass is 559 g/mol. The van der Waals surface area contributed by atoms with Crippen LogP contribution in [0.4, 0.5) is 5.69 Å². The fourth-order valence-corrected chi connectivity index (χ4v) is 4.80. The van der Waals surface area contributed by atoms with Crippen molar-refractivity contribution in [1.82, 2.24) is 10.6 Å². The van der Waals surface area contributed by atoms with Crippen molar-refractivity contribution in [2.24, 2.45) is 0 Å². The molecule has 1 atom stereocenters. The number of rotatable bonds is 12. The third kappa shape index (κ3) is 9.33. The van der Waals surface area contributed by atoms with Gasteiger partial charge in [-0.05, 0) is 60.7 Å². The zero-order valence-electron chi connectivity index (χ0n) is 21.7. The van der Waals surface area contributed by atoms with E-state index in [2.05, 4.69) is 15.4 Å². The largest absolute Gasteiger partial charge is 0.506 e. The zero-order chi connectivity index (χ0) is 27.9. The molecular weight excluding hydrogens is 526 g/mol. The lowest BCUT2D eigenvalue weighted by Gasteiger charge is -2.28. The van der Waals surface area contributed by atoms with Gasteiger partial charge >= 0.3 is 0 Å². The number of benzene rings is 3. The molecule has 0 aliphatic rings. The van der Waals surface area contributed by atoms with Gasteiger partial charge in [0.2, 0.25) is 15.9 Å². The van der Waals surface area contributed by atoms with Crippen molar-refractivity contribution in [2.75, 3.05) is 17.5 Å². The Morgan fingerprint density at radius 3 is 2.45 bits per heavy atom. The van der Waals surface area contributed by atoms with E-state index < -0.39 is 21.7 Å². The van der Waals surface area contributed by atoms with Crippen LogP contribution in [0, 0.1) is 0 Å². The molecule has 0 spiro atoms. The number of anilines is 1. The highest BCUT2D eigenvalue weighted by molar-refractivity contribution is 7.92. The fraction of sp³-hybridized carbons (Fsp3) is 0.321. The smallest absolute Gasteiger partial charge is 0.229 e. The first-order valence-corrected chi connectivity index (χ1v) is 14.4. The molecule has 3 aromatic rings. The van der Waals surface area contributed by atoms with Crippen molar-refractivity contribution < 1.29 is 23.4 Å². The third-order valence-electron chi connectivity index (χ3n) is 5.91. The second-order valence-electron chi connectivity index (χ2n) is 9.97. The molecule has 10 heteroatoms. The number of aliphatic hydroxyl groups excluding tert-OH is 1. The summed E-state index contributed by atoms with van der Waals surface area (Å²) in [6.07, 6.45) is 0.950. The number of sulfonamides is 1. The highest BCUT2D eigenvalue weighted by Gasteiger charge is 2.21. The predicted molar refractivity (Wildman–Crippen MR) is 151 cm³/mol. The molecule has 0 fully saturated rings. The standard InChI is InChI=1S/C28H34ClN3O5S/c1-28(2,31-18-26(34)21-11-12-25(33)24(15-21)32-38(3,36)37)16-20-8-6-7-19(13-20)14-27(35)30-17-22-9-4-5-10-23(22)29/h4-13,15,26,31-34H,14,16-18H2,1-3H3,(H,30,35)/t26-/m1/s1. The Balaban J connectivity index is 1.56. The lowest BCUT2D eigenvalue weighted by Crippen LogP contribution is -2.43. The van der Waals surface area contributed by atoms with E-state index in [9.17, 15) is 23.4 Å². The van der Waals surface area contributed by atoms with Crippen LogP contribution >= 0.6 is 11.6 Å². The zero-order valence-corrected chi connectivity index (χ0v) is 23.2. The van der Waals surface area contributed by atoms with Crippen LogP contribution in [0.25, 0.3) is 0 Å². The van der Waals surface area contributed by atoms with Crippen molar-refractivity contribution in [3.63, 3.8) is 0 Å². The molecule has 0 aliphatic heterocycles. The summed E-state index contributed by atoms with van der Waals surface area (Å²) in [5.74, 6) is -0.321. The van der Waals surface area contributed by atoms with Crippen LogP contribution in [0.15, 0.2) is 66.7 Å². The highest BCUT2D eigenvalue weighted by atomic mass is 35.5. The second-order valence-corrected chi connectivity index (χ2v) is 12.1. The first-order chi connectivity index (χ1) is 17.8. The first-order valence-electron chi connectivity index (χ1n) is 12.1. The molecule has 5 N–H and O–H groups in total. The van der Waals surface area contributed by atoms with Crippen LogP contribution in [0.1, 0.15) is 42.2 Å². The third-order valence-corrected chi connectivity index (χ3v) is 6.87. The maximum atomic E-state index is 12.5. The molecule has 0 bridgehead atoms. The molecule has 3 rings (SSSR count). The Bertz CT molecular complexity index is 1380. The normalized spacial score (nSPS) is 12.7. The Labute approximate surface area is 229 Å². The number of nitrogens with one attached hydrogen (secondary N) is 3. The molecule has 204 valence electrons. The highest BCUT2D eigenvalue weighted by Crippen LogP contribution is 2.28. The predicted octanol–water partition coefficient (Wildman–Crippen LogP) is 3.92. The number of halogens is 1. The Morgan fingerprint density at radius 1 is 1.03 bits per heavy atom. The second kappa shape index (κ2) is 12.6. The van der Waals surface area contributed by atoms with E-state index in [1.807, 2.05) is 56.3 Å². The summed E-state index contributed by atoms with van der Waals surface area (Å²) in [5.41, 5.74) is 2.87. The summed E-state index contributed by atoms with van der Waals surface area (Å²) in [7, 11) is -3.58. The Kier molecular flexibility index (Phi) is 9.78. The lowest BCUT2D eigenvalue weighted by atomic mass is 9.93. The molecule has 38 heavy (non-hydrogen) atoms. The average molecular weight is 560 g/mol. The number of β-amino-alcohol motifs (C(OH)–C–C–N with tert-alkyl or cyclic N) is 1. The first kappa shape index (κ1) is 29.4. The van der Waals surface area contributed by atoms with E-state index in [1.54, 1.807) is 12.1 Å². The summed E-state index contributed by atoms with van der Waals surface area (Å²) >= 11 is 6.16. The van der Waals surface area contributed by atoms with Gasteiger partial charge in [-0.15, -0.1) is 0 Å². The van der Waals surface area contributed by atoms with Gasteiger partial charge in [0.15, 0.2) is 0 Å². The summed E-state index contributed by atoms with van der Waals surface area (Å²) in [6.45, 7) is 4.59. The van der Waals surface area contributed by atoms with Crippen molar-refractivity contribution in [2.45, 2.75) is 44.9 Å². The van der Waals surface area contributed by atoms with Crippen LogP contribution in [0.2, 0.25) is 5.02 Å². The molecular formula is C28H34ClN3O5S. The molecule has 0 aliphatic carbocycles. The van der Waals surface area contributed by atoms with Crippen LogP contribution in [0.5, 0.6) is 5.75 Å². The van der Waals surface area contributed by atoms with Gasteiger partial charge < -0.3 is 20.8 Å². The van der Waals surface area contributed by atoms with Gasteiger partial charge in [0.05, 0.1) is 24.5 Å². The number of phenolic OH excluding ortho intramolecular Hbond substituents is 1. The summed E-state index contributed by atoms with van der Waals surface area (Å²) < 4.78 is 25.3. The summed E-state index contributed by atoms with van der Waals surface area (Å²) in [4.78, 5) is 12.5. The maximum absolute atomic E-state index is 12.5. The minimum atomic E-state index is -3.58. The van der Waals surface area contributed by atoms with Gasteiger partial charge in [-0.1, -0.05) is 60.1 Å². The SMILES string of the molecule is CC(C)(Cc1cccc(CC(=O)NCc2ccccc2Cl)c1)NC[C@@H](O)c1ccc(O)c(NS(C)(=O)=O)c1. The number of carbonyl (C=O) groups excluding carboxylic acids is 1. The van der Waals surface area contributed by atoms with Crippen molar-refractivity contribution in [3.05, 3.63) is 94.0 Å². The lowest BCUT2D eigenvalue weighted by molar-refractivity contribution is -0.120. The van der Waals surface area contributed by atoms with Crippen LogP contribution < -0.4 is 15.4 Å². The van der Waals surface area contributed by atoms with E-state index >= 15 is 0 Å². The molecule has 0 unspecified atom stereocenters. The number of aromatic hydroxyl groups is 1. The summed E-state index contributed by atoms with van der Waals surface area (Å²) in [6, 6.07) is 19.5.